The number of benzene rings is 1. The van der Waals surface area contributed by atoms with Gasteiger partial charge >= 0.3 is 5.97 Å². The minimum Gasteiger partial charge on any atom is -0.508 e. The standard InChI is InChI=1S/C18H20O6/c1-11-5-3-2-4-6-18(22)10-14(20)17-12(8-16(21)23-11)7-13(19)9-15(17)24-18/h4,6-7,9,11,19,22H,2-3,5,8,10H2,1H3. The molecule has 6 heteroatoms. The molecule has 0 fully saturated rings. The number of carbonyl (C=O) groups is 2. The first kappa shape index (κ1) is 16.5. The summed E-state index contributed by atoms with van der Waals surface area (Å²) in [4.78, 5) is 24.6. The summed E-state index contributed by atoms with van der Waals surface area (Å²) in [7, 11) is 0. The van der Waals surface area contributed by atoms with E-state index in [2.05, 4.69) is 0 Å². The molecule has 0 saturated carbocycles. The smallest absolute Gasteiger partial charge is 0.310 e. The van der Waals surface area contributed by atoms with Crippen LogP contribution in [0.4, 0.5) is 0 Å². The van der Waals surface area contributed by atoms with Crippen LogP contribution >= 0.6 is 0 Å². The summed E-state index contributed by atoms with van der Waals surface area (Å²) in [5.41, 5.74) is 0.558. The molecule has 1 aromatic rings. The number of phenolic OH excluding ortho intramolecular Hbond substituents is 1. The lowest BCUT2D eigenvalue weighted by atomic mass is 9.92. The van der Waals surface area contributed by atoms with Crippen LogP contribution in [0.5, 0.6) is 11.5 Å². The number of aromatic hydroxyl groups is 1. The van der Waals surface area contributed by atoms with Crippen molar-refractivity contribution < 1.29 is 29.3 Å². The maximum Gasteiger partial charge on any atom is 0.310 e. The summed E-state index contributed by atoms with van der Waals surface area (Å²) in [6, 6.07) is 2.63. The fourth-order valence-corrected chi connectivity index (χ4v) is 3.10. The van der Waals surface area contributed by atoms with Crippen molar-refractivity contribution in [2.24, 2.45) is 0 Å². The van der Waals surface area contributed by atoms with Crippen LogP contribution in [0.15, 0.2) is 24.3 Å². The van der Waals surface area contributed by atoms with Crippen LogP contribution in [-0.4, -0.2) is 33.9 Å². The van der Waals surface area contributed by atoms with Crippen LogP contribution in [0.3, 0.4) is 0 Å². The number of allylic oxidation sites excluding steroid dienone is 1. The number of aliphatic hydroxyl groups is 1. The van der Waals surface area contributed by atoms with Gasteiger partial charge in [0.25, 0.3) is 0 Å². The van der Waals surface area contributed by atoms with Crippen LogP contribution < -0.4 is 4.74 Å². The molecule has 6 nitrogen and oxygen atoms in total. The summed E-state index contributed by atoms with van der Waals surface area (Å²) in [5, 5.41) is 20.4. The minimum absolute atomic E-state index is 0.0753. The highest BCUT2D eigenvalue weighted by atomic mass is 16.6. The van der Waals surface area contributed by atoms with Gasteiger partial charge in [0.2, 0.25) is 5.79 Å². The van der Waals surface area contributed by atoms with E-state index < -0.39 is 11.8 Å². The molecule has 2 unspecified atom stereocenters. The fourth-order valence-electron chi connectivity index (χ4n) is 3.10. The summed E-state index contributed by atoms with van der Waals surface area (Å²) in [5.74, 6) is -2.59. The summed E-state index contributed by atoms with van der Waals surface area (Å²) >= 11 is 0. The number of carbonyl (C=O) groups excluding carboxylic acids is 2. The molecule has 4 bridgehead atoms. The van der Waals surface area contributed by atoms with Gasteiger partial charge in [0.05, 0.1) is 24.5 Å². The van der Waals surface area contributed by atoms with Gasteiger partial charge in [-0.15, -0.1) is 0 Å². The Hall–Kier alpha value is -2.34. The number of Topliss-reactive ketones (excluding diaryl/α,β-unsaturated/α-hetero) is 1. The highest BCUT2D eigenvalue weighted by Crippen LogP contribution is 2.38. The molecule has 0 aromatic heterocycles. The molecule has 3 aliphatic heterocycles. The minimum atomic E-state index is -1.73. The van der Waals surface area contributed by atoms with Gasteiger partial charge in [0.15, 0.2) is 5.78 Å². The lowest BCUT2D eigenvalue weighted by Crippen LogP contribution is -2.40. The van der Waals surface area contributed by atoms with Crippen molar-refractivity contribution >= 4 is 11.8 Å². The Morgan fingerprint density at radius 1 is 1.29 bits per heavy atom. The first-order chi connectivity index (χ1) is 11.4. The van der Waals surface area contributed by atoms with Crippen molar-refractivity contribution in [3.63, 3.8) is 0 Å². The van der Waals surface area contributed by atoms with Crippen LogP contribution in [0, 0.1) is 0 Å². The molecule has 0 saturated heterocycles. The zero-order valence-electron chi connectivity index (χ0n) is 13.4. The molecule has 0 amide bonds. The summed E-state index contributed by atoms with van der Waals surface area (Å²) in [6.07, 6.45) is 4.77. The number of hydrogen-bond donors (Lipinski definition) is 2. The Kier molecular flexibility index (Phi) is 4.32. The Morgan fingerprint density at radius 2 is 2.08 bits per heavy atom. The van der Waals surface area contributed by atoms with E-state index >= 15 is 0 Å². The molecule has 128 valence electrons. The predicted molar refractivity (Wildman–Crippen MR) is 84.9 cm³/mol. The van der Waals surface area contributed by atoms with Crippen LogP contribution in [0.2, 0.25) is 0 Å². The second-order valence-electron chi connectivity index (χ2n) is 6.34. The van der Waals surface area contributed by atoms with E-state index in [4.69, 9.17) is 9.47 Å². The lowest BCUT2D eigenvalue weighted by Gasteiger charge is -2.32. The number of esters is 1. The number of ketones is 1. The lowest BCUT2D eigenvalue weighted by molar-refractivity contribution is -0.147. The molecule has 3 heterocycles. The first-order valence-electron chi connectivity index (χ1n) is 8.04. The number of rotatable bonds is 0. The second kappa shape index (κ2) is 6.28. The molecule has 0 spiro atoms. The summed E-state index contributed by atoms with van der Waals surface area (Å²) in [6.45, 7) is 1.82. The topological polar surface area (TPSA) is 93.1 Å². The molecule has 3 aliphatic rings. The maximum absolute atomic E-state index is 12.5. The quantitative estimate of drug-likeness (QED) is 0.559. The molecule has 4 rings (SSSR count). The van der Waals surface area contributed by atoms with Crippen molar-refractivity contribution in [1.29, 1.82) is 0 Å². The van der Waals surface area contributed by atoms with Crippen molar-refractivity contribution in [3.05, 3.63) is 35.4 Å². The van der Waals surface area contributed by atoms with E-state index in [0.717, 1.165) is 6.42 Å². The summed E-state index contributed by atoms with van der Waals surface area (Å²) < 4.78 is 10.9. The molecule has 2 atom stereocenters. The van der Waals surface area contributed by atoms with Gasteiger partial charge in [-0.05, 0) is 43.9 Å². The third-order valence-electron chi connectivity index (χ3n) is 4.18. The maximum atomic E-state index is 12.5. The van der Waals surface area contributed by atoms with Crippen LogP contribution in [-0.2, 0) is 16.0 Å². The van der Waals surface area contributed by atoms with E-state index in [1.54, 1.807) is 6.08 Å². The van der Waals surface area contributed by atoms with Gasteiger partial charge < -0.3 is 19.7 Å². The molecular weight excluding hydrogens is 312 g/mol. The fraction of sp³-hybridized carbons (Fsp3) is 0.444. The average Bonchev–Trinajstić information content (AvgIpc) is 2.44. The average molecular weight is 332 g/mol. The van der Waals surface area contributed by atoms with Crippen molar-refractivity contribution in [2.45, 2.75) is 50.9 Å². The SMILES string of the molecule is CC1CCCC=CC2(O)CC(=O)c3c(cc(O)cc3O2)CC(=O)O1. The molecule has 24 heavy (non-hydrogen) atoms. The van der Waals surface area contributed by atoms with Crippen LogP contribution in [0.1, 0.15) is 48.5 Å². The van der Waals surface area contributed by atoms with E-state index in [1.165, 1.54) is 18.2 Å². The molecule has 0 radical (unpaired) electrons. The highest BCUT2D eigenvalue weighted by molar-refractivity contribution is 6.02. The van der Waals surface area contributed by atoms with Crippen molar-refractivity contribution in [1.82, 2.24) is 0 Å². The molecule has 1 aromatic carbocycles. The van der Waals surface area contributed by atoms with E-state index in [1.807, 2.05) is 6.92 Å². The normalized spacial score (nSPS) is 27.3. The van der Waals surface area contributed by atoms with E-state index in [0.29, 0.717) is 18.4 Å². The van der Waals surface area contributed by atoms with Crippen molar-refractivity contribution in [2.75, 3.05) is 0 Å². The van der Waals surface area contributed by atoms with Crippen LogP contribution in [0.25, 0.3) is 0 Å². The predicted octanol–water partition coefficient (Wildman–Crippen LogP) is 2.26. The van der Waals surface area contributed by atoms with E-state index in [-0.39, 0.29) is 41.8 Å². The second-order valence-corrected chi connectivity index (χ2v) is 6.34. The van der Waals surface area contributed by atoms with Crippen molar-refractivity contribution in [3.8, 4) is 11.5 Å². The highest BCUT2D eigenvalue weighted by Gasteiger charge is 2.38. The number of ether oxygens (including phenoxy) is 2. The van der Waals surface area contributed by atoms with Gasteiger partial charge in [-0.3, -0.25) is 9.59 Å². The Bertz CT molecular complexity index is 708. The third kappa shape index (κ3) is 3.43. The Balaban J connectivity index is 2.06. The van der Waals surface area contributed by atoms with Gasteiger partial charge in [-0.1, -0.05) is 6.08 Å². The third-order valence-corrected chi connectivity index (χ3v) is 4.18. The van der Waals surface area contributed by atoms with E-state index in [9.17, 15) is 19.8 Å². The van der Waals surface area contributed by atoms with Gasteiger partial charge in [-0.2, -0.15) is 0 Å². The number of phenols is 1. The van der Waals surface area contributed by atoms with Gasteiger partial charge in [0, 0.05) is 6.07 Å². The zero-order chi connectivity index (χ0) is 17.3. The number of hydrogen-bond acceptors (Lipinski definition) is 6. The first-order valence-corrected chi connectivity index (χ1v) is 8.04. The molecule has 2 N–H and O–H groups in total. The van der Waals surface area contributed by atoms with Gasteiger partial charge in [0.1, 0.15) is 11.5 Å². The molecular formula is C18H20O6. The Labute approximate surface area is 139 Å². The monoisotopic (exact) mass is 332 g/mol. The molecule has 0 aliphatic carbocycles. The van der Waals surface area contributed by atoms with Gasteiger partial charge in [-0.25, -0.2) is 0 Å². The zero-order valence-corrected chi connectivity index (χ0v) is 13.4. The largest absolute Gasteiger partial charge is 0.508 e. The number of fused-ring (bicyclic) bond motifs is 8. The Morgan fingerprint density at radius 3 is 2.88 bits per heavy atom.